The second kappa shape index (κ2) is 10.1. The van der Waals surface area contributed by atoms with E-state index in [0.717, 1.165) is 68.5 Å². The Kier molecular flexibility index (Phi) is 6.98. The number of ether oxygens (including phenoxy) is 1. The summed E-state index contributed by atoms with van der Waals surface area (Å²) in [6, 6.07) is 10.8. The summed E-state index contributed by atoms with van der Waals surface area (Å²) in [5.74, 6) is 2.92. The molecule has 0 atom stereocenters. The largest absolute Gasteiger partial charge is 0.484 e. The first-order chi connectivity index (χ1) is 15.6. The number of hydrogen-bond acceptors (Lipinski definition) is 6. The van der Waals surface area contributed by atoms with Gasteiger partial charge in [0.2, 0.25) is 0 Å². The van der Waals surface area contributed by atoms with Crippen molar-refractivity contribution in [1.82, 2.24) is 15.2 Å². The standard InChI is InChI=1S/C26H35N5O/c1-5-7-11-28-26-19(3)13-21(6-2)14-24(26)32-23-17-30(18-23)20(4)29-22-15-31(16-22)25-10-8-9-12-27-25/h8-14,22-23,29H,4-7,15-18H2,1-3H3/b28-11-. The van der Waals surface area contributed by atoms with Crippen molar-refractivity contribution < 1.29 is 4.74 Å². The second-order valence-electron chi connectivity index (χ2n) is 8.74. The number of anilines is 1. The Morgan fingerprint density at radius 2 is 2.06 bits per heavy atom. The maximum atomic E-state index is 6.40. The van der Waals surface area contributed by atoms with E-state index in [9.17, 15) is 0 Å². The number of nitrogens with one attached hydrogen (secondary N) is 1. The minimum absolute atomic E-state index is 0.159. The number of nitrogens with zero attached hydrogens (tertiary/aromatic N) is 4. The van der Waals surface area contributed by atoms with Gasteiger partial charge in [0, 0.05) is 25.5 Å². The summed E-state index contributed by atoms with van der Waals surface area (Å²) >= 11 is 0. The third kappa shape index (κ3) is 5.06. The van der Waals surface area contributed by atoms with Gasteiger partial charge in [0.25, 0.3) is 0 Å². The molecule has 2 saturated heterocycles. The Bertz CT molecular complexity index is 946. The van der Waals surface area contributed by atoms with Crippen molar-refractivity contribution in [3.8, 4) is 5.75 Å². The average Bonchev–Trinajstić information content (AvgIpc) is 2.74. The van der Waals surface area contributed by atoms with Gasteiger partial charge in [-0.3, -0.25) is 4.99 Å². The van der Waals surface area contributed by atoms with E-state index in [1.807, 2.05) is 24.5 Å². The molecule has 1 aromatic carbocycles. The van der Waals surface area contributed by atoms with Crippen molar-refractivity contribution in [2.75, 3.05) is 31.1 Å². The summed E-state index contributed by atoms with van der Waals surface area (Å²) in [6.07, 6.45) is 7.08. The van der Waals surface area contributed by atoms with Crippen LogP contribution in [0, 0.1) is 6.92 Å². The van der Waals surface area contributed by atoms with Crippen molar-refractivity contribution >= 4 is 17.7 Å². The van der Waals surface area contributed by atoms with Crippen LogP contribution >= 0.6 is 0 Å². The van der Waals surface area contributed by atoms with Crippen LogP contribution in [0.25, 0.3) is 0 Å². The maximum absolute atomic E-state index is 6.40. The number of aromatic nitrogens is 1. The lowest BCUT2D eigenvalue weighted by atomic mass is 10.1. The molecular weight excluding hydrogens is 398 g/mol. The lowest BCUT2D eigenvalue weighted by Gasteiger charge is -2.46. The number of aryl methyl sites for hydroxylation is 2. The third-order valence-electron chi connectivity index (χ3n) is 6.12. The van der Waals surface area contributed by atoms with E-state index in [2.05, 4.69) is 65.6 Å². The first-order valence-corrected chi connectivity index (χ1v) is 11.8. The number of benzene rings is 1. The molecule has 0 aliphatic carbocycles. The van der Waals surface area contributed by atoms with E-state index >= 15 is 0 Å². The van der Waals surface area contributed by atoms with Crippen molar-refractivity contribution in [2.24, 2.45) is 4.99 Å². The van der Waals surface area contributed by atoms with Crippen LogP contribution in [0.2, 0.25) is 0 Å². The van der Waals surface area contributed by atoms with Crippen LogP contribution in [-0.2, 0) is 6.42 Å². The molecular formula is C26H35N5O. The minimum atomic E-state index is 0.159. The molecule has 3 heterocycles. The zero-order chi connectivity index (χ0) is 22.5. The van der Waals surface area contributed by atoms with E-state index in [1.165, 1.54) is 11.1 Å². The Hall–Kier alpha value is -3.02. The van der Waals surface area contributed by atoms with E-state index in [0.29, 0.717) is 6.04 Å². The van der Waals surface area contributed by atoms with Crippen LogP contribution in [0.3, 0.4) is 0 Å². The van der Waals surface area contributed by atoms with Crippen LogP contribution in [-0.4, -0.2) is 54.4 Å². The van der Waals surface area contributed by atoms with Crippen LogP contribution in [0.15, 0.2) is 53.9 Å². The van der Waals surface area contributed by atoms with Crippen LogP contribution in [0.4, 0.5) is 11.5 Å². The molecule has 2 aromatic rings. The average molecular weight is 434 g/mol. The summed E-state index contributed by atoms with van der Waals surface area (Å²) in [5.41, 5.74) is 3.43. The highest BCUT2D eigenvalue weighted by atomic mass is 16.5. The number of pyridine rings is 1. The summed E-state index contributed by atoms with van der Waals surface area (Å²) in [5, 5.41) is 3.56. The molecule has 0 radical (unpaired) electrons. The molecule has 170 valence electrons. The van der Waals surface area contributed by atoms with Crippen molar-refractivity contribution in [3.63, 3.8) is 0 Å². The van der Waals surface area contributed by atoms with Gasteiger partial charge in [-0.15, -0.1) is 0 Å². The van der Waals surface area contributed by atoms with Gasteiger partial charge >= 0.3 is 0 Å². The van der Waals surface area contributed by atoms with Gasteiger partial charge < -0.3 is 19.9 Å². The van der Waals surface area contributed by atoms with Gasteiger partial charge in [0.1, 0.15) is 23.4 Å². The van der Waals surface area contributed by atoms with E-state index in [4.69, 9.17) is 9.73 Å². The molecule has 0 spiro atoms. The summed E-state index contributed by atoms with van der Waals surface area (Å²) in [4.78, 5) is 13.7. The summed E-state index contributed by atoms with van der Waals surface area (Å²) in [6.45, 7) is 14.3. The zero-order valence-electron chi connectivity index (χ0n) is 19.6. The Labute approximate surface area is 192 Å². The highest BCUT2D eigenvalue weighted by Gasteiger charge is 2.33. The van der Waals surface area contributed by atoms with Gasteiger partial charge in [-0.25, -0.2) is 4.98 Å². The highest BCUT2D eigenvalue weighted by molar-refractivity contribution is 5.69. The van der Waals surface area contributed by atoms with Gasteiger partial charge in [-0.2, -0.15) is 0 Å². The normalized spacial score (nSPS) is 16.7. The smallest absolute Gasteiger partial charge is 0.146 e. The topological polar surface area (TPSA) is 53.0 Å². The number of aliphatic imine (C=N–C) groups is 1. The monoisotopic (exact) mass is 433 g/mol. The fraction of sp³-hybridized carbons (Fsp3) is 0.462. The number of hydrogen-bond donors (Lipinski definition) is 1. The highest BCUT2D eigenvalue weighted by Crippen LogP contribution is 2.35. The Morgan fingerprint density at radius 1 is 1.25 bits per heavy atom. The van der Waals surface area contributed by atoms with Gasteiger partial charge in [0.05, 0.1) is 25.0 Å². The summed E-state index contributed by atoms with van der Waals surface area (Å²) in [7, 11) is 0. The molecule has 4 rings (SSSR count). The van der Waals surface area contributed by atoms with Crippen LogP contribution in [0.1, 0.15) is 37.8 Å². The zero-order valence-corrected chi connectivity index (χ0v) is 19.6. The molecule has 2 aliphatic heterocycles. The van der Waals surface area contributed by atoms with Gasteiger partial charge in [0.15, 0.2) is 0 Å². The molecule has 6 heteroatoms. The second-order valence-corrected chi connectivity index (χ2v) is 8.74. The van der Waals surface area contributed by atoms with E-state index < -0.39 is 0 Å². The fourth-order valence-electron chi connectivity index (χ4n) is 4.10. The summed E-state index contributed by atoms with van der Waals surface area (Å²) < 4.78 is 6.40. The van der Waals surface area contributed by atoms with Gasteiger partial charge in [-0.1, -0.05) is 39.0 Å². The molecule has 6 nitrogen and oxygen atoms in total. The molecule has 0 amide bonds. The first-order valence-electron chi connectivity index (χ1n) is 11.8. The number of likely N-dealkylation sites (tertiary alicyclic amines) is 1. The molecule has 0 bridgehead atoms. The lowest BCUT2D eigenvalue weighted by molar-refractivity contribution is 0.0380. The van der Waals surface area contributed by atoms with Gasteiger partial charge in [-0.05, 0) is 49.1 Å². The Balaban J connectivity index is 1.28. The van der Waals surface area contributed by atoms with Crippen molar-refractivity contribution in [1.29, 1.82) is 0 Å². The van der Waals surface area contributed by atoms with E-state index in [-0.39, 0.29) is 6.10 Å². The molecule has 2 aliphatic rings. The molecule has 32 heavy (non-hydrogen) atoms. The lowest BCUT2D eigenvalue weighted by Crippen LogP contribution is -2.62. The van der Waals surface area contributed by atoms with E-state index in [1.54, 1.807) is 0 Å². The van der Waals surface area contributed by atoms with Crippen LogP contribution in [0.5, 0.6) is 5.75 Å². The number of unbranched alkanes of at least 4 members (excludes halogenated alkanes) is 1. The SMILES string of the molecule is C=C(NC1CN(c2ccccn2)C1)N1CC(Oc2cc(CC)cc(C)c2/N=C\CCC)C1. The predicted octanol–water partition coefficient (Wildman–Crippen LogP) is 4.47. The van der Waals surface area contributed by atoms with Crippen molar-refractivity contribution in [3.05, 3.63) is 60.1 Å². The van der Waals surface area contributed by atoms with Crippen LogP contribution < -0.4 is 15.0 Å². The minimum Gasteiger partial charge on any atom is -0.484 e. The van der Waals surface area contributed by atoms with Crippen molar-refractivity contribution in [2.45, 2.75) is 52.2 Å². The number of rotatable bonds is 10. The third-order valence-corrected chi connectivity index (χ3v) is 6.12. The fourth-order valence-corrected chi connectivity index (χ4v) is 4.10. The quantitative estimate of drug-likeness (QED) is 0.561. The first kappa shape index (κ1) is 22.2. The molecule has 0 unspecified atom stereocenters. The molecule has 2 fully saturated rings. The Morgan fingerprint density at radius 3 is 2.75 bits per heavy atom. The molecule has 1 aromatic heterocycles. The molecule has 1 N–H and O–H groups in total. The molecule has 0 saturated carbocycles. The predicted molar refractivity (Wildman–Crippen MR) is 132 cm³/mol. The maximum Gasteiger partial charge on any atom is 0.146 e.